The van der Waals surface area contributed by atoms with Gasteiger partial charge in [-0.2, -0.15) is 0 Å². The van der Waals surface area contributed by atoms with E-state index in [2.05, 4.69) is 26.1 Å². The van der Waals surface area contributed by atoms with Gasteiger partial charge in [-0.1, -0.05) is 201 Å². The molecular formula is C46H90NO11P. The predicted molar refractivity (Wildman–Crippen MR) is 236 cm³/mol. The van der Waals surface area contributed by atoms with Crippen molar-refractivity contribution in [2.45, 2.75) is 269 Å². The van der Waals surface area contributed by atoms with Crippen LogP contribution in [-0.2, 0) is 28.2 Å². The van der Waals surface area contributed by atoms with Gasteiger partial charge in [-0.05, 0) is 25.2 Å². The average molecular weight is 864 g/mol. The molecular weight excluding hydrogens is 773 g/mol. The average Bonchev–Trinajstić information content (AvgIpc) is 3.18. The first-order chi connectivity index (χ1) is 28.4. The van der Waals surface area contributed by atoms with Gasteiger partial charge >= 0.3 is 13.8 Å². The summed E-state index contributed by atoms with van der Waals surface area (Å²) in [4.78, 5) is 46.5. The fraction of sp³-hybridized carbons (Fsp3) is 0.957. The predicted octanol–water partition coefficient (Wildman–Crippen LogP) is 10.5. The third kappa shape index (κ3) is 29.8. The molecule has 0 aliphatic carbocycles. The van der Waals surface area contributed by atoms with Crippen molar-refractivity contribution in [3.63, 3.8) is 0 Å². The van der Waals surface area contributed by atoms with Crippen LogP contribution < -0.4 is 5.32 Å². The summed E-state index contributed by atoms with van der Waals surface area (Å²) in [7, 11) is -5.21. The molecule has 0 radical (unpaired) electrons. The van der Waals surface area contributed by atoms with Crippen molar-refractivity contribution in [1.29, 1.82) is 0 Å². The normalized spacial score (nSPS) is 20.7. The number of amides is 1. The molecule has 0 bridgehead atoms. The second kappa shape index (κ2) is 36.4. The van der Waals surface area contributed by atoms with Gasteiger partial charge in [0.05, 0.1) is 19.1 Å². The van der Waals surface area contributed by atoms with Gasteiger partial charge in [-0.25, -0.2) is 4.57 Å². The van der Waals surface area contributed by atoms with E-state index in [1.54, 1.807) is 0 Å². The Kier molecular flexibility index (Phi) is 34.5. The number of aliphatic hydroxyl groups excluding tert-OH is 3. The fourth-order valence-electron chi connectivity index (χ4n) is 8.35. The summed E-state index contributed by atoms with van der Waals surface area (Å²) in [6, 6.07) is -1.47. The van der Waals surface area contributed by atoms with Gasteiger partial charge in [0.25, 0.3) is 0 Å². The van der Waals surface area contributed by atoms with Gasteiger partial charge in [-0.15, -0.1) is 0 Å². The summed E-state index contributed by atoms with van der Waals surface area (Å²) in [5.74, 6) is -1.26. The maximum atomic E-state index is 13.7. The lowest BCUT2D eigenvalue weighted by Crippen LogP contribution is -2.65. The van der Waals surface area contributed by atoms with E-state index in [0.717, 1.165) is 77.0 Å². The number of carbonyl (C=O) groups excluding carboxylic acids is 2. The van der Waals surface area contributed by atoms with Crippen molar-refractivity contribution in [2.75, 3.05) is 6.61 Å². The Morgan fingerprint density at radius 2 is 1.00 bits per heavy atom. The molecule has 0 spiro atoms. The van der Waals surface area contributed by atoms with Crippen LogP contribution in [-0.4, -0.2) is 80.3 Å². The number of rotatable bonds is 40. The minimum Gasteiger partial charge on any atom is -0.457 e. The minimum absolute atomic E-state index is 0.0325. The van der Waals surface area contributed by atoms with E-state index in [1.807, 2.05) is 0 Å². The largest absolute Gasteiger partial charge is 0.470 e. The van der Waals surface area contributed by atoms with Crippen LogP contribution in [0.1, 0.15) is 233 Å². The number of carbonyl (C=O) groups is 2. The summed E-state index contributed by atoms with van der Waals surface area (Å²) in [5, 5.41) is 34.2. The third-order valence-electron chi connectivity index (χ3n) is 11.9. The molecule has 7 atom stereocenters. The SMILES string of the molecule is CCCCCCCCCCCCCCC(CCCCCCCCC)CC(=O)O[C@H]1[C@H](OP(=O)(O)O)[C@@H](CO)OC(O)[C@@H]1NC(=O)CC(O)CCCCCCCCCCC. The van der Waals surface area contributed by atoms with Crippen LogP contribution in [0, 0.1) is 5.92 Å². The molecule has 3 unspecified atom stereocenters. The topological polar surface area (TPSA) is 192 Å². The summed E-state index contributed by atoms with van der Waals surface area (Å²) in [6.07, 6.45) is 27.5. The number of phosphoric acid groups is 1. The second-order valence-electron chi connectivity index (χ2n) is 17.5. The van der Waals surface area contributed by atoms with Crippen molar-refractivity contribution in [3.05, 3.63) is 0 Å². The zero-order chi connectivity index (χ0) is 43.6. The van der Waals surface area contributed by atoms with Crippen LogP contribution in [0.2, 0.25) is 0 Å². The van der Waals surface area contributed by atoms with E-state index in [0.29, 0.717) is 6.42 Å². The number of esters is 1. The lowest BCUT2D eigenvalue weighted by molar-refractivity contribution is -0.256. The third-order valence-corrected chi connectivity index (χ3v) is 12.4. The molecule has 1 amide bonds. The first kappa shape index (κ1) is 55.9. The van der Waals surface area contributed by atoms with Crippen molar-refractivity contribution < 1.29 is 53.3 Å². The lowest BCUT2D eigenvalue weighted by atomic mass is 9.91. The molecule has 0 saturated carbocycles. The second-order valence-corrected chi connectivity index (χ2v) is 18.7. The molecule has 59 heavy (non-hydrogen) atoms. The van der Waals surface area contributed by atoms with Crippen LogP contribution in [0.3, 0.4) is 0 Å². The molecule has 0 aromatic carbocycles. The molecule has 6 N–H and O–H groups in total. The van der Waals surface area contributed by atoms with Gasteiger partial charge in [0.2, 0.25) is 5.91 Å². The first-order valence-electron chi connectivity index (χ1n) is 24.3. The van der Waals surface area contributed by atoms with Crippen molar-refractivity contribution in [1.82, 2.24) is 5.32 Å². The molecule has 1 aliphatic rings. The number of hydrogen-bond donors (Lipinski definition) is 6. The highest BCUT2D eigenvalue weighted by Gasteiger charge is 2.51. The molecule has 12 nitrogen and oxygen atoms in total. The van der Waals surface area contributed by atoms with Gasteiger partial charge in [0.1, 0.15) is 18.2 Å². The number of unbranched alkanes of at least 4 members (excludes halogenated alkanes) is 25. The Balaban J connectivity index is 2.88. The Labute approximate surface area is 359 Å². The quantitative estimate of drug-likeness (QED) is 0.0195. The highest BCUT2D eigenvalue weighted by atomic mass is 31.2. The summed E-state index contributed by atoms with van der Waals surface area (Å²) < 4.78 is 28.4. The van der Waals surface area contributed by atoms with E-state index in [-0.39, 0.29) is 18.8 Å². The van der Waals surface area contributed by atoms with Crippen LogP contribution in [0.25, 0.3) is 0 Å². The van der Waals surface area contributed by atoms with Gasteiger partial charge < -0.3 is 39.9 Å². The number of aliphatic hydroxyl groups is 3. The van der Waals surface area contributed by atoms with Crippen LogP contribution in [0.5, 0.6) is 0 Å². The van der Waals surface area contributed by atoms with E-state index in [9.17, 15) is 39.3 Å². The van der Waals surface area contributed by atoms with E-state index >= 15 is 0 Å². The van der Waals surface area contributed by atoms with E-state index < -0.39 is 63.1 Å². The summed E-state index contributed by atoms with van der Waals surface area (Å²) >= 11 is 0. The number of phosphoric ester groups is 1. The molecule has 1 rings (SSSR count). The van der Waals surface area contributed by atoms with E-state index in [4.69, 9.17) is 14.0 Å². The highest BCUT2D eigenvalue weighted by molar-refractivity contribution is 7.46. The maximum Gasteiger partial charge on any atom is 0.470 e. The van der Waals surface area contributed by atoms with Gasteiger partial charge in [0.15, 0.2) is 12.4 Å². The number of hydrogen-bond acceptors (Lipinski definition) is 9. The zero-order valence-corrected chi connectivity index (χ0v) is 38.6. The van der Waals surface area contributed by atoms with E-state index in [1.165, 1.54) is 116 Å². The van der Waals surface area contributed by atoms with Gasteiger partial charge in [-0.3, -0.25) is 14.1 Å². The van der Waals surface area contributed by atoms with Crippen LogP contribution >= 0.6 is 7.82 Å². The molecule has 0 aromatic heterocycles. The molecule has 1 saturated heterocycles. The number of nitrogens with one attached hydrogen (secondary N) is 1. The number of ether oxygens (including phenoxy) is 2. The fourth-order valence-corrected chi connectivity index (χ4v) is 8.92. The molecule has 1 aliphatic heterocycles. The Hall–Kier alpha value is -1.11. The standard InChI is InChI=1S/C46H90NO11P/c1-4-7-10-13-16-18-19-20-22-24-27-30-33-38(32-29-26-23-15-12-9-6-3)35-42(51)57-45-43(46(52)56-40(37-48)44(45)58-59(53,54)55)47-41(50)36-39(49)34-31-28-25-21-17-14-11-8-5-2/h38-40,43-46,48-49,52H,4-37H2,1-3H3,(H,47,50)(H2,53,54,55)/t38?,39?,40-,43-,44-,45-,46?/m1/s1. The van der Waals surface area contributed by atoms with Crippen molar-refractivity contribution >= 4 is 19.7 Å². The molecule has 350 valence electrons. The van der Waals surface area contributed by atoms with Crippen molar-refractivity contribution in [2.24, 2.45) is 5.92 Å². The molecule has 13 heteroatoms. The Morgan fingerprint density at radius 1 is 0.610 bits per heavy atom. The highest BCUT2D eigenvalue weighted by Crippen LogP contribution is 2.42. The van der Waals surface area contributed by atoms with Crippen LogP contribution in [0.4, 0.5) is 0 Å². The Bertz CT molecular complexity index is 1060. The van der Waals surface area contributed by atoms with Crippen molar-refractivity contribution in [3.8, 4) is 0 Å². The smallest absolute Gasteiger partial charge is 0.457 e. The Morgan fingerprint density at radius 3 is 1.39 bits per heavy atom. The molecule has 1 fully saturated rings. The van der Waals surface area contributed by atoms with Crippen LogP contribution in [0.15, 0.2) is 0 Å². The first-order valence-corrected chi connectivity index (χ1v) is 25.8. The molecule has 0 aromatic rings. The lowest BCUT2D eigenvalue weighted by Gasteiger charge is -2.43. The zero-order valence-electron chi connectivity index (χ0n) is 37.7. The molecule has 1 heterocycles. The summed E-state index contributed by atoms with van der Waals surface area (Å²) in [6.45, 7) is 5.84. The minimum atomic E-state index is -5.21. The van der Waals surface area contributed by atoms with Gasteiger partial charge in [0, 0.05) is 6.42 Å². The summed E-state index contributed by atoms with van der Waals surface area (Å²) in [5.41, 5.74) is 0. The maximum absolute atomic E-state index is 13.7. The monoisotopic (exact) mass is 864 g/mol.